The Labute approximate surface area is 124 Å². The maximum absolute atomic E-state index is 12.2. The average molecular weight is 294 g/mol. The van der Waals surface area contributed by atoms with Gasteiger partial charge in [-0.25, -0.2) is 0 Å². The fourth-order valence-corrected chi connectivity index (χ4v) is 3.86. The molecule has 0 bridgehead atoms. The van der Waals surface area contributed by atoms with Gasteiger partial charge in [0, 0.05) is 28.6 Å². The van der Waals surface area contributed by atoms with Crippen molar-refractivity contribution in [2.45, 2.75) is 51.5 Å². The molecule has 1 saturated heterocycles. The van der Waals surface area contributed by atoms with E-state index in [1.807, 2.05) is 6.92 Å². The van der Waals surface area contributed by atoms with E-state index >= 15 is 0 Å². The molecular formula is C15H22N2O2S. The van der Waals surface area contributed by atoms with Crippen LogP contribution in [0.3, 0.4) is 0 Å². The van der Waals surface area contributed by atoms with Gasteiger partial charge in [0.1, 0.15) is 6.04 Å². The summed E-state index contributed by atoms with van der Waals surface area (Å²) in [5.74, 6) is -0.0103. The normalized spacial score (nSPS) is 21.6. The topological polar surface area (TPSA) is 63.4 Å². The van der Waals surface area contributed by atoms with Crippen molar-refractivity contribution in [3.63, 3.8) is 0 Å². The summed E-state index contributed by atoms with van der Waals surface area (Å²) in [4.78, 5) is 28.1. The second-order valence-electron chi connectivity index (χ2n) is 5.41. The highest BCUT2D eigenvalue weighted by Crippen LogP contribution is 2.32. The Kier molecular flexibility index (Phi) is 4.81. The number of hydrogen-bond acceptors (Lipinski definition) is 3. The van der Waals surface area contributed by atoms with Gasteiger partial charge in [-0.05, 0) is 38.3 Å². The molecule has 2 heterocycles. The lowest BCUT2D eigenvalue weighted by molar-refractivity contribution is -0.139. The van der Waals surface area contributed by atoms with Crippen molar-refractivity contribution in [1.82, 2.24) is 4.90 Å². The first kappa shape index (κ1) is 15.0. The Hall–Kier alpha value is -1.36. The Bertz CT molecular complexity index is 498. The van der Waals surface area contributed by atoms with Crippen molar-refractivity contribution in [3.05, 3.63) is 21.9 Å². The Balaban J connectivity index is 2.21. The molecule has 2 amide bonds. The number of amides is 2. The lowest BCUT2D eigenvalue weighted by Crippen LogP contribution is -2.48. The summed E-state index contributed by atoms with van der Waals surface area (Å²) >= 11 is 1.78. The number of thiophene rings is 1. The van der Waals surface area contributed by atoms with Crippen LogP contribution in [0.2, 0.25) is 0 Å². The molecule has 1 aromatic heterocycles. The van der Waals surface area contributed by atoms with Crippen molar-refractivity contribution in [1.29, 1.82) is 0 Å². The molecule has 1 fully saturated rings. The lowest BCUT2D eigenvalue weighted by Gasteiger charge is -2.30. The van der Waals surface area contributed by atoms with Gasteiger partial charge in [0.05, 0.1) is 0 Å². The molecule has 0 spiro atoms. The molecule has 1 aromatic rings. The second kappa shape index (κ2) is 6.39. The van der Waals surface area contributed by atoms with Gasteiger partial charge in [-0.15, -0.1) is 11.3 Å². The highest BCUT2D eigenvalue weighted by atomic mass is 32.1. The van der Waals surface area contributed by atoms with Crippen LogP contribution < -0.4 is 5.73 Å². The number of primary amides is 1. The van der Waals surface area contributed by atoms with Crippen molar-refractivity contribution in [2.24, 2.45) is 5.73 Å². The van der Waals surface area contributed by atoms with E-state index in [0.29, 0.717) is 25.3 Å². The van der Waals surface area contributed by atoms with Crippen LogP contribution in [-0.2, 0) is 9.59 Å². The smallest absolute Gasteiger partial charge is 0.240 e. The number of carbonyl (C=O) groups is 2. The molecule has 0 radical (unpaired) electrons. The zero-order valence-corrected chi connectivity index (χ0v) is 12.9. The molecule has 0 aromatic carbocycles. The van der Waals surface area contributed by atoms with Gasteiger partial charge in [-0.1, -0.05) is 6.92 Å². The summed E-state index contributed by atoms with van der Waals surface area (Å²) in [5.41, 5.74) is 5.45. The minimum atomic E-state index is -0.468. The quantitative estimate of drug-likeness (QED) is 0.927. The van der Waals surface area contributed by atoms with Crippen LogP contribution in [0, 0.1) is 6.92 Å². The SMILES string of the molecule is CCC(C(N)=O)N1CC(c2ccc(C)s2)CCCC1=O. The van der Waals surface area contributed by atoms with Gasteiger partial charge in [-0.2, -0.15) is 0 Å². The first-order valence-corrected chi connectivity index (χ1v) is 7.99. The zero-order chi connectivity index (χ0) is 14.7. The standard InChI is InChI=1S/C15H22N2O2S/c1-3-12(15(16)19)17-9-11(5-4-6-14(17)18)13-8-7-10(2)20-13/h7-8,11-12H,3-6,9H2,1-2H3,(H2,16,19). The van der Waals surface area contributed by atoms with Crippen molar-refractivity contribution >= 4 is 23.2 Å². The molecule has 0 aliphatic carbocycles. The summed E-state index contributed by atoms with van der Waals surface area (Å²) in [7, 11) is 0. The van der Waals surface area contributed by atoms with Gasteiger partial charge in [0.25, 0.3) is 0 Å². The molecule has 2 rings (SSSR count). The molecule has 20 heavy (non-hydrogen) atoms. The van der Waals surface area contributed by atoms with Crippen LogP contribution in [0.4, 0.5) is 0 Å². The fourth-order valence-electron chi connectivity index (χ4n) is 2.86. The number of aryl methyl sites for hydroxylation is 1. The van der Waals surface area contributed by atoms with Crippen LogP contribution in [-0.4, -0.2) is 29.3 Å². The Morgan fingerprint density at radius 1 is 1.55 bits per heavy atom. The predicted octanol–water partition coefficient (Wildman–Crippen LogP) is 2.42. The van der Waals surface area contributed by atoms with Crippen LogP contribution in [0.25, 0.3) is 0 Å². The van der Waals surface area contributed by atoms with E-state index in [9.17, 15) is 9.59 Å². The minimum Gasteiger partial charge on any atom is -0.368 e. The third kappa shape index (κ3) is 3.20. The first-order valence-electron chi connectivity index (χ1n) is 7.18. The highest BCUT2D eigenvalue weighted by molar-refractivity contribution is 7.12. The van der Waals surface area contributed by atoms with E-state index in [4.69, 9.17) is 5.73 Å². The van der Waals surface area contributed by atoms with Crippen LogP contribution in [0.5, 0.6) is 0 Å². The number of carbonyl (C=O) groups excluding carboxylic acids is 2. The van der Waals surface area contributed by atoms with E-state index in [1.165, 1.54) is 9.75 Å². The maximum atomic E-state index is 12.2. The number of rotatable bonds is 4. The summed E-state index contributed by atoms with van der Waals surface area (Å²) in [5, 5.41) is 0. The monoisotopic (exact) mass is 294 g/mol. The van der Waals surface area contributed by atoms with E-state index in [-0.39, 0.29) is 5.91 Å². The third-order valence-corrected chi connectivity index (χ3v) is 5.10. The number of hydrogen-bond donors (Lipinski definition) is 1. The minimum absolute atomic E-state index is 0.0615. The largest absolute Gasteiger partial charge is 0.368 e. The molecule has 2 N–H and O–H groups in total. The van der Waals surface area contributed by atoms with Crippen LogP contribution >= 0.6 is 11.3 Å². The summed E-state index contributed by atoms with van der Waals surface area (Å²) in [6.07, 6.45) is 2.98. The van der Waals surface area contributed by atoms with E-state index in [1.54, 1.807) is 16.2 Å². The number of likely N-dealkylation sites (tertiary alicyclic amines) is 1. The van der Waals surface area contributed by atoms with Crippen molar-refractivity contribution < 1.29 is 9.59 Å². The summed E-state index contributed by atoms with van der Waals surface area (Å²) < 4.78 is 0. The third-order valence-electron chi connectivity index (χ3n) is 3.94. The molecule has 2 atom stereocenters. The second-order valence-corrected chi connectivity index (χ2v) is 6.73. The van der Waals surface area contributed by atoms with Crippen molar-refractivity contribution in [2.75, 3.05) is 6.54 Å². The summed E-state index contributed by atoms with van der Waals surface area (Å²) in [6, 6.07) is 3.79. The van der Waals surface area contributed by atoms with E-state index in [0.717, 1.165) is 12.8 Å². The molecule has 0 saturated carbocycles. The lowest BCUT2D eigenvalue weighted by atomic mass is 10.0. The molecule has 5 heteroatoms. The molecule has 1 aliphatic rings. The van der Waals surface area contributed by atoms with E-state index in [2.05, 4.69) is 19.1 Å². The van der Waals surface area contributed by atoms with Gasteiger partial charge in [0.15, 0.2) is 0 Å². The van der Waals surface area contributed by atoms with E-state index < -0.39 is 11.9 Å². The molecule has 110 valence electrons. The predicted molar refractivity (Wildman–Crippen MR) is 80.6 cm³/mol. The molecule has 4 nitrogen and oxygen atoms in total. The average Bonchev–Trinajstić information content (AvgIpc) is 2.73. The number of nitrogens with zero attached hydrogens (tertiary/aromatic N) is 1. The van der Waals surface area contributed by atoms with Crippen LogP contribution in [0.1, 0.15) is 48.3 Å². The molecule has 1 aliphatic heterocycles. The molecular weight excluding hydrogens is 272 g/mol. The number of nitrogens with two attached hydrogens (primary N) is 1. The fraction of sp³-hybridized carbons (Fsp3) is 0.600. The zero-order valence-electron chi connectivity index (χ0n) is 12.1. The molecule has 2 unspecified atom stereocenters. The van der Waals surface area contributed by atoms with Gasteiger partial charge >= 0.3 is 0 Å². The van der Waals surface area contributed by atoms with Gasteiger partial charge in [-0.3, -0.25) is 9.59 Å². The highest BCUT2D eigenvalue weighted by Gasteiger charge is 2.31. The summed E-state index contributed by atoms with van der Waals surface area (Å²) in [6.45, 7) is 4.60. The van der Waals surface area contributed by atoms with Gasteiger partial charge < -0.3 is 10.6 Å². The van der Waals surface area contributed by atoms with Crippen LogP contribution in [0.15, 0.2) is 12.1 Å². The first-order chi connectivity index (χ1) is 9.52. The maximum Gasteiger partial charge on any atom is 0.240 e. The Morgan fingerprint density at radius 2 is 2.30 bits per heavy atom. The van der Waals surface area contributed by atoms with Gasteiger partial charge in [0.2, 0.25) is 11.8 Å². The Morgan fingerprint density at radius 3 is 2.85 bits per heavy atom. The van der Waals surface area contributed by atoms with Crippen molar-refractivity contribution in [3.8, 4) is 0 Å².